The highest BCUT2D eigenvalue weighted by Crippen LogP contribution is 2.45. The van der Waals surface area contributed by atoms with Gasteiger partial charge in [-0.05, 0) is 94.2 Å². The van der Waals surface area contributed by atoms with Crippen LogP contribution in [-0.2, 0) is 0 Å². The standard InChI is InChI=1S/C40H24O/c1-2-11-30-28(9-1)29-10-3-4-12-31(29)37-23-26(19-20-32(30)37)39-33-13-5-7-15-35(33)40(36-16-8-6-14-34(36)39)27-18-17-25-21-22-41-38(25)24-27/h1-24H/i1D,2D,3D,4D,9D,10D,11D,12D,17D,18D,19D,20D,21D,22D,23D,24D. The van der Waals surface area contributed by atoms with Crippen molar-refractivity contribution in [2.45, 2.75) is 0 Å². The number of benzene rings is 8. The van der Waals surface area contributed by atoms with Gasteiger partial charge in [0.25, 0.3) is 0 Å². The summed E-state index contributed by atoms with van der Waals surface area (Å²) in [6, 6.07) is 5.58. The lowest BCUT2D eigenvalue weighted by Gasteiger charge is -2.18. The molecule has 0 saturated heterocycles. The van der Waals surface area contributed by atoms with Crippen LogP contribution in [0, 0.1) is 0 Å². The van der Waals surface area contributed by atoms with Gasteiger partial charge in [0.2, 0.25) is 0 Å². The summed E-state index contributed by atoms with van der Waals surface area (Å²) >= 11 is 0. The van der Waals surface area contributed by atoms with Crippen LogP contribution in [0.5, 0.6) is 0 Å². The Bertz CT molecular complexity index is 3270. The highest BCUT2D eigenvalue weighted by atomic mass is 16.3. The van der Waals surface area contributed by atoms with Crippen molar-refractivity contribution in [1.29, 1.82) is 0 Å². The Balaban J connectivity index is 1.54. The van der Waals surface area contributed by atoms with Crippen molar-refractivity contribution < 1.29 is 26.3 Å². The predicted octanol–water partition coefficient (Wildman–Crippen LogP) is 11.5. The number of hydrogen-bond donors (Lipinski definition) is 0. The van der Waals surface area contributed by atoms with Gasteiger partial charge in [-0.2, -0.15) is 0 Å². The fourth-order valence-corrected chi connectivity index (χ4v) is 5.75. The van der Waals surface area contributed by atoms with Crippen LogP contribution in [0.3, 0.4) is 0 Å². The molecule has 41 heavy (non-hydrogen) atoms. The summed E-state index contributed by atoms with van der Waals surface area (Å²) in [4.78, 5) is 0. The number of rotatable bonds is 2. The molecule has 0 amide bonds. The molecule has 0 atom stereocenters. The Morgan fingerprint density at radius 2 is 0.878 bits per heavy atom. The van der Waals surface area contributed by atoms with Gasteiger partial charge >= 0.3 is 0 Å². The Labute approximate surface area is 259 Å². The average molecular weight is 537 g/mol. The van der Waals surface area contributed by atoms with E-state index in [0.717, 1.165) is 0 Å². The van der Waals surface area contributed by atoms with Crippen LogP contribution < -0.4 is 0 Å². The van der Waals surface area contributed by atoms with Gasteiger partial charge in [0.1, 0.15) is 6.95 Å². The zero-order chi connectivity index (χ0) is 40.8. The average Bonchev–Trinajstić information content (AvgIpc) is 3.51. The van der Waals surface area contributed by atoms with Gasteiger partial charge in [-0.1, -0.05) is 121 Å². The third-order valence-electron chi connectivity index (χ3n) is 7.48. The zero-order valence-corrected chi connectivity index (χ0v) is 21.0. The first-order chi connectivity index (χ1) is 27.0. The Kier molecular flexibility index (Phi) is 2.50. The lowest BCUT2D eigenvalue weighted by atomic mass is 9.85. The molecular weight excluding hydrogens is 496 g/mol. The van der Waals surface area contributed by atoms with Gasteiger partial charge in [-0.3, -0.25) is 0 Å². The summed E-state index contributed by atoms with van der Waals surface area (Å²) in [7, 11) is 0. The van der Waals surface area contributed by atoms with Gasteiger partial charge in [0.15, 0.2) is 0 Å². The second-order valence-electron chi connectivity index (χ2n) is 9.62. The van der Waals surface area contributed by atoms with E-state index in [1.807, 2.05) is 0 Å². The molecule has 0 radical (unpaired) electrons. The molecule has 0 aliphatic rings. The van der Waals surface area contributed by atoms with E-state index in [4.69, 9.17) is 20.9 Å². The molecular formula is C40H24O. The molecule has 1 heterocycles. The largest absolute Gasteiger partial charge is 0.464 e. The molecule has 0 fully saturated rings. The normalized spacial score (nSPS) is 17.4. The molecule has 0 N–H and O–H groups in total. The van der Waals surface area contributed by atoms with E-state index in [-0.39, 0.29) is 72.1 Å². The minimum absolute atomic E-state index is 0.0142. The first-order valence-corrected chi connectivity index (χ1v) is 12.8. The Morgan fingerprint density at radius 3 is 1.44 bits per heavy atom. The topological polar surface area (TPSA) is 13.1 Å². The minimum Gasteiger partial charge on any atom is -0.464 e. The van der Waals surface area contributed by atoms with E-state index in [1.165, 1.54) is 0 Å². The Morgan fingerprint density at radius 1 is 0.415 bits per heavy atom. The second-order valence-corrected chi connectivity index (χ2v) is 9.62. The summed E-state index contributed by atoms with van der Waals surface area (Å²) in [5.74, 6) is 0. The van der Waals surface area contributed by atoms with Gasteiger partial charge in [-0.15, -0.1) is 0 Å². The van der Waals surface area contributed by atoms with E-state index in [0.29, 0.717) is 27.1 Å². The Hall–Kier alpha value is -5.40. The summed E-state index contributed by atoms with van der Waals surface area (Å²) in [6.07, 6.45) is -0.553. The smallest absolute Gasteiger partial charge is 0.134 e. The lowest BCUT2D eigenvalue weighted by molar-refractivity contribution is 0.616. The molecule has 1 nitrogen and oxygen atoms in total. The first-order valence-electron chi connectivity index (χ1n) is 20.8. The maximum absolute atomic E-state index is 9.88. The van der Waals surface area contributed by atoms with Crippen LogP contribution in [0.15, 0.2) is 150 Å². The van der Waals surface area contributed by atoms with E-state index in [9.17, 15) is 5.48 Å². The molecule has 0 bridgehead atoms. The first kappa shape index (κ1) is 12.0. The van der Waals surface area contributed by atoms with Crippen molar-refractivity contribution in [3.63, 3.8) is 0 Å². The summed E-state index contributed by atoms with van der Waals surface area (Å²) in [5, 5.41) is 0.0332. The maximum Gasteiger partial charge on any atom is 0.134 e. The number of furan rings is 1. The van der Waals surface area contributed by atoms with Crippen molar-refractivity contribution in [1.82, 2.24) is 0 Å². The summed E-state index contributed by atoms with van der Waals surface area (Å²) in [6.45, 7) is 0. The van der Waals surface area contributed by atoms with Crippen molar-refractivity contribution >= 4 is 64.8 Å². The highest BCUT2D eigenvalue weighted by Gasteiger charge is 2.18. The van der Waals surface area contributed by atoms with Crippen LogP contribution in [0.4, 0.5) is 0 Å². The van der Waals surface area contributed by atoms with E-state index in [1.54, 1.807) is 48.5 Å². The van der Waals surface area contributed by atoms with Crippen LogP contribution in [0.2, 0.25) is 0 Å². The van der Waals surface area contributed by atoms with E-state index < -0.39 is 84.8 Å². The van der Waals surface area contributed by atoms with E-state index >= 15 is 0 Å². The van der Waals surface area contributed by atoms with Crippen molar-refractivity contribution in [3.8, 4) is 22.3 Å². The molecule has 0 saturated carbocycles. The number of hydrogen-bond acceptors (Lipinski definition) is 1. The highest BCUT2D eigenvalue weighted by molar-refractivity contribution is 6.27. The SMILES string of the molecule is [2H]c1oc2c([2H])c(-c3c4ccccc4c(-c4c([2H])c([2H])c5c6c([2H])c([2H])c([2H])c([2H])c6c6c([2H])c([2H])c([2H])c([2H])c6c5c4[2H])c4ccccc34)c([2H])c([2H])c2c1[2H]. The molecule has 0 aliphatic heterocycles. The summed E-state index contributed by atoms with van der Waals surface area (Å²) < 4.78 is 148. The van der Waals surface area contributed by atoms with Gasteiger partial charge in [0, 0.05) is 5.39 Å². The van der Waals surface area contributed by atoms with Crippen LogP contribution in [-0.4, -0.2) is 0 Å². The van der Waals surface area contributed by atoms with Crippen LogP contribution in [0.1, 0.15) is 21.9 Å². The van der Waals surface area contributed by atoms with Crippen molar-refractivity contribution in [2.24, 2.45) is 0 Å². The van der Waals surface area contributed by atoms with E-state index in [2.05, 4.69) is 0 Å². The minimum atomic E-state index is -0.661. The number of fused-ring (bicyclic) bond motifs is 9. The zero-order valence-electron chi connectivity index (χ0n) is 37.0. The second kappa shape index (κ2) is 8.55. The predicted molar refractivity (Wildman–Crippen MR) is 175 cm³/mol. The molecule has 9 rings (SSSR count). The molecule has 0 aliphatic carbocycles. The monoisotopic (exact) mass is 536 g/mol. The van der Waals surface area contributed by atoms with Gasteiger partial charge < -0.3 is 4.42 Å². The molecule has 8 aromatic carbocycles. The third kappa shape index (κ3) is 3.24. The molecule has 0 unspecified atom stereocenters. The van der Waals surface area contributed by atoms with Crippen LogP contribution in [0.25, 0.3) is 87.1 Å². The van der Waals surface area contributed by atoms with Crippen molar-refractivity contribution in [2.75, 3.05) is 0 Å². The maximum atomic E-state index is 9.88. The van der Waals surface area contributed by atoms with Crippen LogP contribution >= 0.6 is 0 Å². The van der Waals surface area contributed by atoms with Crippen molar-refractivity contribution in [3.05, 3.63) is 145 Å². The molecule has 9 aromatic rings. The molecule has 190 valence electrons. The quantitative estimate of drug-likeness (QED) is 0.158. The lowest BCUT2D eigenvalue weighted by Crippen LogP contribution is -1.91. The molecule has 1 aromatic heterocycles. The van der Waals surface area contributed by atoms with Gasteiger partial charge in [-0.25, -0.2) is 0 Å². The molecule has 0 spiro atoms. The summed E-state index contributed by atoms with van der Waals surface area (Å²) in [5.41, 5.74) is 0.272. The third-order valence-corrected chi connectivity index (χ3v) is 7.48. The van der Waals surface area contributed by atoms with Gasteiger partial charge in [0.05, 0.1) is 26.8 Å². The fraction of sp³-hybridized carbons (Fsp3) is 0. The fourth-order valence-electron chi connectivity index (χ4n) is 5.75. The molecule has 1 heteroatoms.